The molecule has 0 aliphatic carbocycles. The molecule has 0 saturated heterocycles. The van der Waals surface area contributed by atoms with Gasteiger partial charge in [0.15, 0.2) is 0 Å². The van der Waals surface area contributed by atoms with Crippen LogP contribution >= 0.6 is 11.3 Å². The number of thiazole rings is 1. The second-order valence-corrected chi connectivity index (χ2v) is 6.22. The van der Waals surface area contributed by atoms with Gasteiger partial charge in [-0.15, -0.1) is 16.4 Å². The van der Waals surface area contributed by atoms with Gasteiger partial charge in [0.2, 0.25) is 0 Å². The number of nitrogens with zero attached hydrogens (tertiary/aromatic N) is 4. The first-order valence-corrected chi connectivity index (χ1v) is 8.08. The summed E-state index contributed by atoms with van der Waals surface area (Å²) in [5.41, 5.74) is 2.84. The topological polar surface area (TPSA) is 80.9 Å². The average molecular weight is 328 g/mol. The summed E-state index contributed by atoms with van der Waals surface area (Å²) in [5.74, 6) is -0.782. The molecular weight excluding hydrogens is 312 g/mol. The molecule has 6 nitrogen and oxygen atoms in total. The smallest absolute Gasteiger partial charge is 0.303 e. The first-order valence-electron chi connectivity index (χ1n) is 7.26. The highest BCUT2D eigenvalue weighted by Gasteiger charge is 2.11. The van der Waals surface area contributed by atoms with Crippen molar-refractivity contribution in [2.45, 2.75) is 19.3 Å². The molecule has 0 fully saturated rings. The lowest BCUT2D eigenvalue weighted by Gasteiger charge is -2.03. The van der Waals surface area contributed by atoms with Gasteiger partial charge in [0.25, 0.3) is 0 Å². The van der Waals surface area contributed by atoms with Crippen molar-refractivity contribution in [2.75, 3.05) is 0 Å². The Morgan fingerprint density at radius 2 is 2.17 bits per heavy atom. The summed E-state index contributed by atoms with van der Waals surface area (Å²) in [5, 5.41) is 17.6. The lowest BCUT2D eigenvalue weighted by molar-refractivity contribution is -0.137. The Labute approximate surface area is 137 Å². The van der Waals surface area contributed by atoms with Crippen molar-refractivity contribution < 1.29 is 9.90 Å². The van der Waals surface area contributed by atoms with Crippen LogP contribution in [0.2, 0.25) is 0 Å². The van der Waals surface area contributed by atoms with Crippen molar-refractivity contribution in [3.05, 3.63) is 41.2 Å². The summed E-state index contributed by atoms with van der Waals surface area (Å²) < 4.78 is 2.81. The third kappa shape index (κ3) is 3.62. The van der Waals surface area contributed by atoms with Crippen LogP contribution < -0.4 is 0 Å². The van der Waals surface area contributed by atoms with Gasteiger partial charge in [-0.25, -0.2) is 9.67 Å². The van der Waals surface area contributed by atoms with Crippen molar-refractivity contribution in [2.24, 2.45) is 7.05 Å². The van der Waals surface area contributed by atoms with Gasteiger partial charge in [-0.2, -0.15) is 0 Å². The highest BCUT2D eigenvalue weighted by atomic mass is 32.1. The zero-order valence-corrected chi connectivity index (χ0v) is 13.5. The summed E-state index contributed by atoms with van der Waals surface area (Å²) in [6.45, 7) is 0. The third-order valence-electron chi connectivity index (χ3n) is 3.48. The van der Waals surface area contributed by atoms with Gasteiger partial charge in [-0.05, 0) is 36.6 Å². The minimum atomic E-state index is -0.782. The molecule has 3 rings (SSSR count). The molecule has 23 heavy (non-hydrogen) atoms. The number of allylic oxidation sites excluding steroid dienone is 1. The Kier molecular flexibility index (Phi) is 4.47. The molecule has 3 aromatic rings. The van der Waals surface area contributed by atoms with Crippen LogP contribution in [0.4, 0.5) is 0 Å². The molecule has 0 radical (unpaired) electrons. The summed E-state index contributed by atoms with van der Waals surface area (Å²) in [4.78, 5) is 15.4. The Bertz CT molecular complexity index is 833. The zero-order valence-electron chi connectivity index (χ0n) is 12.6. The second-order valence-electron chi connectivity index (χ2n) is 5.19. The number of carboxylic acid groups (broad SMARTS) is 1. The number of hydrogen-bond donors (Lipinski definition) is 1. The standard InChI is InChI=1S/C16H16N4O2S/c1-20-12(10-17-19-20)9-11(5-4-8-15(21)22)16-18-13-6-2-3-7-14(13)23-16/h2-3,6-7,9-10H,4-5,8H2,1H3,(H,21,22)/b11-9-. The monoisotopic (exact) mass is 328 g/mol. The van der Waals surface area contributed by atoms with Crippen molar-refractivity contribution in [1.82, 2.24) is 20.0 Å². The number of aryl methyl sites for hydroxylation is 1. The molecule has 0 saturated carbocycles. The van der Waals surface area contributed by atoms with E-state index in [2.05, 4.69) is 15.3 Å². The maximum absolute atomic E-state index is 10.8. The van der Waals surface area contributed by atoms with Crippen LogP contribution in [0, 0.1) is 0 Å². The lowest BCUT2D eigenvalue weighted by Crippen LogP contribution is -1.96. The summed E-state index contributed by atoms with van der Waals surface area (Å²) in [6, 6.07) is 7.97. The van der Waals surface area contributed by atoms with Crippen LogP contribution in [-0.4, -0.2) is 31.1 Å². The van der Waals surface area contributed by atoms with Crippen LogP contribution in [0.5, 0.6) is 0 Å². The SMILES string of the molecule is Cn1nncc1/C=C(/CCCC(=O)O)c1nc2ccccc2s1. The van der Waals surface area contributed by atoms with Crippen LogP contribution in [0.15, 0.2) is 30.5 Å². The summed E-state index contributed by atoms with van der Waals surface area (Å²) >= 11 is 1.62. The Hall–Kier alpha value is -2.54. The van der Waals surface area contributed by atoms with Crippen molar-refractivity contribution >= 4 is 39.2 Å². The molecule has 0 atom stereocenters. The number of para-hydroxylation sites is 1. The third-order valence-corrected chi connectivity index (χ3v) is 4.59. The molecule has 0 amide bonds. The van der Waals surface area contributed by atoms with E-state index in [0.29, 0.717) is 12.8 Å². The van der Waals surface area contributed by atoms with E-state index in [1.54, 1.807) is 22.2 Å². The molecule has 2 heterocycles. The van der Waals surface area contributed by atoms with Gasteiger partial charge >= 0.3 is 5.97 Å². The van der Waals surface area contributed by atoms with E-state index in [-0.39, 0.29) is 6.42 Å². The Balaban J connectivity index is 1.95. The minimum absolute atomic E-state index is 0.145. The van der Waals surface area contributed by atoms with Crippen molar-refractivity contribution in [3.63, 3.8) is 0 Å². The number of fused-ring (bicyclic) bond motifs is 1. The van der Waals surface area contributed by atoms with E-state index in [1.165, 1.54) is 0 Å². The molecule has 0 aliphatic rings. The van der Waals surface area contributed by atoms with E-state index in [9.17, 15) is 4.79 Å². The van der Waals surface area contributed by atoms with E-state index >= 15 is 0 Å². The summed E-state index contributed by atoms with van der Waals surface area (Å²) in [6.07, 6.45) is 5.04. The quantitative estimate of drug-likeness (QED) is 0.751. The molecule has 1 aromatic carbocycles. The van der Waals surface area contributed by atoms with E-state index < -0.39 is 5.97 Å². The van der Waals surface area contributed by atoms with Crippen molar-refractivity contribution in [1.29, 1.82) is 0 Å². The van der Waals surface area contributed by atoms with E-state index in [1.807, 2.05) is 37.4 Å². The van der Waals surface area contributed by atoms with Crippen LogP contribution in [0.3, 0.4) is 0 Å². The highest BCUT2D eigenvalue weighted by molar-refractivity contribution is 7.19. The number of benzene rings is 1. The first-order chi connectivity index (χ1) is 11.1. The molecule has 0 aliphatic heterocycles. The predicted molar refractivity (Wildman–Crippen MR) is 90.0 cm³/mol. The van der Waals surface area contributed by atoms with Gasteiger partial charge in [0.1, 0.15) is 5.01 Å². The normalized spacial score (nSPS) is 12.0. The zero-order chi connectivity index (χ0) is 16.2. The molecule has 1 N–H and O–H groups in total. The Morgan fingerprint density at radius 3 is 2.87 bits per heavy atom. The summed E-state index contributed by atoms with van der Waals surface area (Å²) in [7, 11) is 1.83. The molecule has 2 aromatic heterocycles. The van der Waals surface area contributed by atoms with Gasteiger partial charge in [0, 0.05) is 13.5 Å². The van der Waals surface area contributed by atoms with E-state index in [0.717, 1.165) is 26.5 Å². The fourth-order valence-electron chi connectivity index (χ4n) is 2.29. The molecule has 0 unspecified atom stereocenters. The number of aliphatic carboxylic acids is 1. The second kappa shape index (κ2) is 6.70. The van der Waals surface area contributed by atoms with Crippen LogP contribution in [-0.2, 0) is 11.8 Å². The average Bonchev–Trinajstić information content (AvgIpc) is 3.12. The minimum Gasteiger partial charge on any atom is -0.481 e. The van der Waals surface area contributed by atoms with Gasteiger partial charge < -0.3 is 5.11 Å². The fraction of sp³-hybridized carbons (Fsp3) is 0.250. The maximum Gasteiger partial charge on any atom is 0.303 e. The molecule has 0 bridgehead atoms. The molecule has 7 heteroatoms. The molecular formula is C16H16N4O2S. The van der Waals surface area contributed by atoms with Gasteiger partial charge in [-0.3, -0.25) is 4.79 Å². The number of carboxylic acids is 1. The number of aromatic nitrogens is 4. The van der Waals surface area contributed by atoms with Crippen LogP contribution in [0.1, 0.15) is 30.0 Å². The lowest BCUT2D eigenvalue weighted by atomic mass is 10.1. The highest BCUT2D eigenvalue weighted by Crippen LogP contribution is 2.31. The number of hydrogen-bond acceptors (Lipinski definition) is 5. The maximum atomic E-state index is 10.8. The van der Waals surface area contributed by atoms with E-state index in [4.69, 9.17) is 5.11 Å². The predicted octanol–water partition coefficient (Wildman–Crippen LogP) is 3.22. The van der Waals surface area contributed by atoms with Crippen molar-refractivity contribution in [3.8, 4) is 0 Å². The number of rotatable bonds is 6. The first kappa shape index (κ1) is 15.4. The Morgan fingerprint density at radius 1 is 1.35 bits per heavy atom. The van der Waals surface area contributed by atoms with Gasteiger partial charge in [-0.1, -0.05) is 17.3 Å². The van der Waals surface area contributed by atoms with Gasteiger partial charge in [0.05, 0.1) is 22.1 Å². The van der Waals surface area contributed by atoms with Crippen LogP contribution in [0.25, 0.3) is 21.9 Å². The molecule has 118 valence electrons. The largest absolute Gasteiger partial charge is 0.481 e. The number of carbonyl (C=O) groups is 1. The molecule has 0 spiro atoms. The fourth-order valence-corrected chi connectivity index (χ4v) is 3.30.